The molecule has 0 aromatic heterocycles. The first kappa shape index (κ1) is 42.2. The van der Waals surface area contributed by atoms with Gasteiger partial charge in [0.25, 0.3) is 11.8 Å². The van der Waals surface area contributed by atoms with Crippen LogP contribution in [0.1, 0.15) is 70.3 Å². The summed E-state index contributed by atoms with van der Waals surface area (Å²) in [5.41, 5.74) is 1.62. The van der Waals surface area contributed by atoms with E-state index in [0.717, 1.165) is 23.3 Å². The van der Waals surface area contributed by atoms with Crippen molar-refractivity contribution in [3.05, 3.63) is 42.0 Å². The van der Waals surface area contributed by atoms with Gasteiger partial charge in [-0.25, -0.2) is 0 Å². The molecule has 0 saturated carbocycles. The Hall–Kier alpha value is -2.97. The molecule has 1 heterocycles. The van der Waals surface area contributed by atoms with Crippen LogP contribution in [0.4, 0.5) is 5.69 Å². The number of unbranched alkanes of at least 4 members (excludes halogenated alkanes) is 7. The molecule has 14 nitrogen and oxygen atoms in total. The average molecular weight is 712 g/mol. The predicted molar refractivity (Wildman–Crippen MR) is 184 cm³/mol. The fraction of sp³-hybridized carbons (Fsp3) is 0.647. The summed E-state index contributed by atoms with van der Waals surface area (Å²) in [6, 6.07) is 5.91. The number of hydrogen-bond donors (Lipinski definition) is 4. The van der Waals surface area contributed by atoms with Crippen LogP contribution in [0, 0.1) is 0 Å². The van der Waals surface area contributed by atoms with Crippen molar-refractivity contribution in [1.29, 1.82) is 0 Å². The molecule has 0 radical (unpaired) electrons. The van der Waals surface area contributed by atoms with Crippen LogP contribution in [0.15, 0.2) is 36.4 Å². The van der Waals surface area contributed by atoms with Crippen molar-refractivity contribution in [3.8, 4) is 0 Å². The summed E-state index contributed by atoms with van der Waals surface area (Å²) in [6.07, 6.45) is 12.4. The van der Waals surface area contributed by atoms with Crippen molar-refractivity contribution in [2.75, 3.05) is 70.9 Å². The lowest BCUT2D eigenvalue weighted by Crippen LogP contribution is -2.46. The minimum atomic E-state index is -4.61. The van der Waals surface area contributed by atoms with E-state index in [0.29, 0.717) is 32.1 Å². The second-order valence-electron chi connectivity index (χ2n) is 11.7. The molecule has 276 valence electrons. The third-order valence-electron chi connectivity index (χ3n) is 7.56. The molecule has 1 aromatic carbocycles. The highest BCUT2D eigenvalue weighted by atomic mass is 31.2. The highest BCUT2D eigenvalue weighted by Gasteiger charge is 2.29. The highest BCUT2D eigenvalue weighted by molar-refractivity contribution is 7.51. The standard InChI is InChI=1S/C34H54N3O11P/c1-2-3-4-5-6-7-8-9-10-28-11-13-29(14-12-28)35-34(41)30(27-49(42,43)44)36-31(38)17-19-45-21-23-47-25-26-48-24-22-46-20-18-37-32(39)15-16-33(37)40/h11-16,30H,2-10,17-27H2,1H3,(H,35,41)(H,36,38)(H2,42,43,44)/t30-/m0/s1. The Morgan fingerprint density at radius 2 is 1.27 bits per heavy atom. The third-order valence-corrected chi connectivity index (χ3v) is 8.40. The molecule has 49 heavy (non-hydrogen) atoms. The first-order chi connectivity index (χ1) is 23.6. The fourth-order valence-electron chi connectivity index (χ4n) is 4.88. The molecule has 1 atom stereocenters. The number of rotatable bonds is 29. The zero-order chi connectivity index (χ0) is 35.7. The molecule has 0 spiro atoms. The Morgan fingerprint density at radius 3 is 1.82 bits per heavy atom. The fourth-order valence-corrected chi connectivity index (χ4v) is 5.61. The maximum absolute atomic E-state index is 12.8. The van der Waals surface area contributed by atoms with E-state index in [9.17, 15) is 33.5 Å². The van der Waals surface area contributed by atoms with E-state index >= 15 is 0 Å². The van der Waals surface area contributed by atoms with Gasteiger partial charge >= 0.3 is 7.60 Å². The van der Waals surface area contributed by atoms with E-state index in [2.05, 4.69) is 17.6 Å². The Labute approximate surface area is 289 Å². The maximum atomic E-state index is 12.8. The number of imide groups is 1. The number of hydrogen-bond acceptors (Lipinski definition) is 9. The van der Waals surface area contributed by atoms with Crippen molar-refractivity contribution in [2.24, 2.45) is 0 Å². The summed E-state index contributed by atoms with van der Waals surface area (Å²) in [4.78, 5) is 68.2. The number of amides is 4. The number of ether oxygens (including phenoxy) is 4. The number of anilines is 1. The molecule has 0 bridgehead atoms. The van der Waals surface area contributed by atoms with Crippen molar-refractivity contribution < 1.29 is 52.5 Å². The van der Waals surface area contributed by atoms with Gasteiger partial charge in [0.2, 0.25) is 11.8 Å². The largest absolute Gasteiger partial charge is 0.379 e. The van der Waals surface area contributed by atoms with Gasteiger partial charge in [0, 0.05) is 24.3 Å². The molecule has 1 aliphatic heterocycles. The number of nitrogens with zero attached hydrogens (tertiary/aromatic N) is 1. The lowest BCUT2D eigenvalue weighted by Gasteiger charge is -2.19. The molecular formula is C34H54N3O11P. The molecule has 0 aliphatic carbocycles. The zero-order valence-corrected chi connectivity index (χ0v) is 29.5. The Bertz CT molecular complexity index is 1190. The van der Waals surface area contributed by atoms with Crippen molar-refractivity contribution in [2.45, 2.75) is 77.2 Å². The SMILES string of the molecule is CCCCCCCCCCc1ccc(NC(=O)[C@H](CP(=O)(O)O)NC(=O)CCOCCOCCOCCOCCN2C(=O)C=CC2=O)cc1. The van der Waals surface area contributed by atoms with Crippen LogP contribution in [0.25, 0.3) is 0 Å². The quantitative estimate of drug-likeness (QED) is 0.0542. The van der Waals surface area contributed by atoms with Crippen molar-refractivity contribution in [1.82, 2.24) is 10.2 Å². The van der Waals surface area contributed by atoms with Gasteiger partial charge in [0.15, 0.2) is 0 Å². The number of benzene rings is 1. The third kappa shape index (κ3) is 20.3. The summed E-state index contributed by atoms with van der Waals surface area (Å²) >= 11 is 0. The summed E-state index contributed by atoms with van der Waals surface area (Å²) in [5, 5.41) is 5.05. The number of carbonyl (C=O) groups is 4. The lowest BCUT2D eigenvalue weighted by molar-refractivity contribution is -0.137. The van der Waals surface area contributed by atoms with Gasteiger partial charge in [-0.15, -0.1) is 0 Å². The van der Waals surface area contributed by atoms with Crippen molar-refractivity contribution >= 4 is 36.9 Å². The molecule has 4 amide bonds. The van der Waals surface area contributed by atoms with Crippen LogP contribution in [0.3, 0.4) is 0 Å². The average Bonchev–Trinajstić information content (AvgIpc) is 3.38. The maximum Gasteiger partial charge on any atom is 0.328 e. The van der Waals surface area contributed by atoms with Gasteiger partial charge in [-0.1, -0.05) is 64.0 Å². The van der Waals surface area contributed by atoms with Crippen LogP contribution >= 0.6 is 7.60 Å². The molecule has 0 saturated heterocycles. The van der Waals surface area contributed by atoms with Gasteiger partial charge in [0.05, 0.1) is 65.6 Å². The zero-order valence-electron chi connectivity index (χ0n) is 28.6. The second-order valence-corrected chi connectivity index (χ2v) is 13.4. The Balaban J connectivity index is 1.54. The molecule has 0 fully saturated rings. The van der Waals surface area contributed by atoms with E-state index in [1.807, 2.05) is 12.1 Å². The van der Waals surface area contributed by atoms with E-state index in [1.165, 1.54) is 57.1 Å². The molecule has 1 aliphatic rings. The normalized spacial score (nSPS) is 13.7. The van der Waals surface area contributed by atoms with Gasteiger partial charge < -0.3 is 39.4 Å². The van der Waals surface area contributed by atoms with Crippen LogP contribution in [-0.4, -0.2) is 110 Å². The van der Waals surface area contributed by atoms with Crippen LogP contribution in [-0.2, 0) is 49.1 Å². The minimum Gasteiger partial charge on any atom is -0.379 e. The van der Waals surface area contributed by atoms with Gasteiger partial charge in [-0.3, -0.25) is 28.6 Å². The van der Waals surface area contributed by atoms with Crippen molar-refractivity contribution in [3.63, 3.8) is 0 Å². The highest BCUT2D eigenvalue weighted by Crippen LogP contribution is 2.35. The first-order valence-corrected chi connectivity index (χ1v) is 19.0. The van der Waals surface area contributed by atoms with E-state index in [-0.39, 0.29) is 51.2 Å². The number of aryl methyl sites for hydroxylation is 1. The van der Waals surface area contributed by atoms with Crippen LogP contribution in [0.2, 0.25) is 0 Å². The topological polar surface area (TPSA) is 190 Å². The lowest BCUT2D eigenvalue weighted by atomic mass is 10.0. The van der Waals surface area contributed by atoms with Gasteiger partial charge in [-0.2, -0.15) is 0 Å². The summed E-state index contributed by atoms with van der Waals surface area (Å²) in [5.74, 6) is -1.99. The van der Waals surface area contributed by atoms with Gasteiger partial charge in [-0.05, 0) is 30.5 Å². The smallest absolute Gasteiger partial charge is 0.328 e. The predicted octanol–water partition coefficient (Wildman–Crippen LogP) is 3.35. The molecule has 1 aromatic rings. The Morgan fingerprint density at radius 1 is 0.755 bits per heavy atom. The Kier molecular flexibility index (Phi) is 21.6. The monoisotopic (exact) mass is 711 g/mol. The van der Waals surface area contributed by atoms with E-state index in [4.69, 9.17) is 18.9 Å². The van der Waals surface area contributed by atoms with E-state index < -0.39 is 31.6 Å². The van der Waals surface area contributed by atoms with Gasteiger partial charge in [0.1, 0.15) is 6.04 Å². The molecular weight excluding hydrogens is 657 g/mol. The first-order valence-electron chi connectivity index (χ1n) is 17.2. The second kappa shape index (κ2) is 25.1. The summed E-state index contributed by atoms with van der Waals surface area (Å²) in [7, 11) is -4.61. The minimum absolute atomic E-state index is 0.0261. The molecule has 0 unspecified atom stereocenters. The summed E-state index contributed by atoms with van der Waals surface area (Å²) in [6.45, 7) is 4.38. The molecule has 2 rings (SSSR count). The van der Waals surface area contributed by atoms with E-state index in [1.54, 1.807) is 12.1 Å². The van der Waals surface area contributed by atoms with Crippen LogP contribution in [0.5, 0.6) is 0 Å². The van der Waals surface area contributed by atoms with Crippen LogP contribution < -0.4 is 10.6 Å². The summed E-state index contributed by atoms with van der Waals surface area (Å²) < 4.78 is 33.2. The number of nitrogens with one attached hydrogen (secondary N) is 2. The molecule has 15 heteroatoms. The number of carbonyl (C=O) groups excluding carboxylic acids is 4. The molecule has 4 N–H and O–H groups in total.